The fraction of sp³-hybridized carbons (Fsp3) is 0.333. The molecule has 0 saturated heterocycles. The normalized spacial score (nSPS) is 12.9. The third kappa shape index (κ3) is 3.01. The molecule has 0 saturated carbocycles. The summed E-state index contributed by atoms with van der Waals surface area (Å²) in [6, 6.07) is 2.54. The molecular formula is C12H13Br2NS2. The van der Waals surface area contributed by atoms with E-state index in [1.165, 1.54) is 24.3 Å². The number of hydrogen-bond acceptors (Lipinski definition) is 3. The van der Waals surface area contributed by atoms with Crippen LogP contribution in [-0.2, 0) is 0 Å². The molecular weight excluding hydrogens is 382 g/mol. The van der Waals surface area contributed by atoms with Crippen molar-refractivity contribution in [3.05, 3.63) is 41.1 Å². The molecule has 92 valence electrons. The Hall–Kier alpha value is 0.320. The van der Waals surface area contributed by atoms with Gasteiger partial charge in [0.1, 0.15) is 0 Å². The highest BCUT2D eigenvalue weighted by Crippen LogP contribution is 2.37. The fourth-order valence-corrected chi connectivity index (χ4v) is 4.91. The summed E-state index contributed by atoms with van der Waals surface area (Å²) in [7, 11) is 0. The van der Waals surface area contributed by atoms with Crippen LogP contribution >= 0.6 is 54.5 Å². The second kappa shape index (κ2) is 5.97. The van der Waals surface area contributed by atoms with Crippen molar-refractivity contribution in [2.24, 2.45) is 0 Å². The summed E-state index contributed by atoms with van der Waals surface area (Å²) in [6.45, 7) is 5.24. The Labute approximate surface area is 127 Å². The Bertz CT molecular complexity index is 485. The zero-order valence-corrected chi connectivity index (χ0v) is 14.4. The van der Waals surface area contributed by atoms with Crippen molar-refractivity contribution < 1.29 is 0 Å². The number of nitrogens with one attached hydrogen (secondary N) is 1. The molecule has 1 unspecified atom stereocenters. The molecule has 0 fully saturated rings. The average molecular weight is 395 g/mol. The first-order chi connectivity index (χ1) is 8.13. The first-order valence-electron chi connectivity index (χ1n) is 5.34. The van der Waals surface area contributed by atoms with Gasteiger partial charge in [0.25, 0.3) is 0 Å². The van der Waals surface area contributed by atoms with Crippen LogP contribution in [-0.4, -0.2) is 6.54 Å². The van der Waals surface area contributed by atoms with Crippen molar-refractivity contribution in [1.29, 1.82) is 0 Å². The van der Waals surface area contributed by atoms with Crippen LogP contribution in [0.1, 0.15) is 29.0 Å². The topological polar surface area (TPSA) is 12.0 Å². The number of thiophene rings is 2. The third-order valence-corrected chi connectivity index (χ3v) is 6.48. The van der Waals surface area contributed by atoms with Crippen LogP contribution in [0.4, 0.5) is 0 Å². The second-order valence-corrected chi connectivity index (χ2v) is 7.77. The summed E-state index contributed by atoms with van der Waals surface area (Å²) in [5.74, 6) is 0. The highest BCUT2D eigenvalue weighted by atomic mass is 79.9. The zero-order chi connectivity index (χ0) is 12.4. The lowest BCUT2D eigenvalue weighted by molar-refractivity contribution is 0.639. The molecule has 0 radical (unpaired) electrons. The monoisotopic (exact) mass is 393 g/mol. The van der Waals surface area contributed by atoms with Crippen LogP contribution in [0, 0.1) is 6.92 Å². The molecule has 2 rings (SSSR count). The minimum Gasteiger partial charge on any atom is -0.306 e. The molecule has 1 nitrogen and oxygen atoms in total. The molecule has 0 aliphatic heterocycles. The Morgan fingerprint density at radius 1 is 1.35 bits per heavy atom. The Kier molecular flexibility index (Phi) is 4.83. The molecule has 0 aromatic carbocycles. The molecule has 2 heterocycles. The van der Waals surface area contributed by atoms with Gasteiger partial charge in [0.15, 0.2) is 0 Å². The van der Waals surface area contributed by atoms with Crippen molar-refractivity contribution in [1.82, 2.24) is 5.32 Å². The minimum atomic E-state index is 0.288. The van der Waals surface area contributed by atoms with Gasteiger partial charge in [0.2, 0.25) is 0 Å². The van der Waals surface area contributed by atoms with Gasteiger partial charge in [-0.05, 0) is 67.9 Å². The van der Waals surface area contributed by atoms with Gasteiger partial charge in [-0.1, -0.05) is 6.92 Å². The first-order valence-corrected chi connectivity index (χ1v) is 8.68. The molecule has 0 bridgehead atoms. The van der Waals surface area contributed by atoms with Crippen molar-refractivity contribution in [2.45, 2.75) is 19.9 Å². The van der Waals surface area contributed by atoms with E-state index in [0.29, 0.717) is 0 Å². The van der Waals surface area contributed by atoms with Crippen molar-refractivity contribution >= 4 is 54.5 Å². The highest BCUT2D eigenvalue weighted by molar-refractivity contribution is 9.11. The molecule has 0 spiro atoms. The van der Waals surface area contributed by atoms with E-state index in [9.17, 15) is 0 Å². The largest absolute Gasteiger partial charge is 0.306 e. The Morgan fingerprint density at radius 2 is 2.12 bits per heavy atom. The van der Waals surface area contributed by atoms with E-state index in [2.05, 4.69) is 67.9 Å². The summed E-state index contributed by atoms with van der Waals surface area (Å²) < 4.78 is 2.41. The van der Waals surface area contributed by atoms with Gasteiger partial charge in [-0.3, -0.25) is 0 Å². The molecule has 17 heavy (non-hydrogen) atoms. The van der Waals surface area contributed by atoms with Gasteiger partial charge >= 0.3 is 0 Å². The predicted octanol–water partition coefficient (Wildman–Crippen LogP) is 5.34. The summed E-state index contributed by atoms with van der Waals surface area (Å²) in [6.07, 6.45) is 0. The maximum Gasteiger partial charge on any atom is 0.0731 e. The Balaban J connectivity index is 2.39. The Morgan fingerprint density at radius 3 is 2.59 bits per heavy atom. The highest BCUT2D eigenvalue weighted by Gasteiger charge is 2.19. The zero-order valence-electron chi connectivity index (χ0n) is 9.59. The molecule has 2 aromatic heterocycles. The number of rotatable bonds is 4. The fourth-order valence-electron chi connectivity index (χ4n) is 1.69. The number of halogens is 2. The molecule has 2 aromatic rings. The van der Waals surface area contributed by atoms with Crippen molar-refractivity contribution in [3.63, 3.8) is 0 Å². The van der Waals surface area contributed by atoms with Gasteiger partial charge in [0, 0.05) is 14.7 Å². The van der Waals surface area contributed by atoms with Crippen LogP contribution < -0.4 is 5.32 Å². The molecule has 1 atom stereocenters. The van der Waals surface area contributed by atoms with E-state index >= 15 is 0 Å². The van der Waals surface area contributed by atoms with Gasteiger partial charge < -0.3 is 5.32 Å². The third-order valence-electron chi connectivity index (χ3n) is 2.52. The van der Waals surface area contributed by atoms with Crippen LogP contribution in [0.3, 0.4) is 0 Å². The lowest BCUT2D eigenvalue weighted by Crippen LogP contribution is -2.20. The van der Waals surface area contributed by atoms with Crippen LogP contribution in [0.25, 0.3) is 0 Å². The van der Waals surface area contributed by atoms with Gasteiger partial charge in [-0.15, -0.1) is 11.3 Å². The molecule has 0 amide bonds. The van der Waals surface area contributed by atoms with Crippen molar-refractivity contribution in [2.75, 3.05) is 6.54 Å². The SMILES string of the molecule is CCNC(c1cc(C)c(Br)s1)c1cscc1Br. The quantitative estimate of drug-likeness (QED) is 0.737. The molecule has 0 aliphatic rings. The second-order valence-electron chi connectivity index (χ2n) is 3.77. The summed E-state index contributed by atoms with van der Waals surface area (Å²) in [4.78, 5) is 1.36. The molecule has 5 heteroatoms. The summed E-state index contributed by atoms with van der Waals surface area (Å²) in [5, 5.41) is 7.89. The smallest absolute Gasteiger partial charge is 0.0731 e. The summed E-state index contributed by atoms with van der Waals surface area (Å²) >= 11 is 10.8. The van der Waals surface area contributed by atoms with E-state index in [4.69, 9.17) is 0 Å². The molecule has 1 N–H and O–H groups in total. The standard InChI is InChI=1S/C12H13Br2NS2/c1-3-15-11(8-5-16-6-9(8)13)10-4-7(2)12(14)17-10/h4-6,11,15H,3H2,1-2H3. The van der Waals surface area contributed by atoms with Crippen molar-refractivity contribution in [3.8, 4) is 0 Å². The van der Waals surface area contributed by atoms with Crippen LogP contribution in [0.5, 0.6) is 0 Å². The van der Waals surface area contributed by atoms with E-state index in [0.717, 1.165) is 6.54 Å². The van der Waals surface area contributed by atoms with Gasteiger partial charge in [-0.25, -0.2) is 0 Å². The van der Waals surface area contributed by atoms with Gasteiger partial charge in [-0.2, -0.15) is 11.3 Å². The number of hydrogen-bond donors (Lipinski definition) is 1. The lowest BCUT2D eigenvalue weighted by atomic mass is 10.1. The average Bonchev–Trinajstić information content (AvgIpc) is 2.83. The lowest BCUT2D eigenvalue weighted by Gasteiger charge is -2.16. The predicted molar refractivity (Wildman–Crippen MR) is 84.3 cm³/mol. The van der Waals surface area contributed by atoms with Crippen LogP contribution in [0.15, 0.2) is 25.1 Å². The molecule has 0 aliphatic carbocycles. The number of aryl methyl sites for hydroxylation is 1. The maximum atomic E-state index is 3.62. The summed E-state index contributed by atoms with van der Waals surface area (Å²) in [5.41, 5.74) is 2.63. The first kappa shape index (κ1) is 13.7. The van der Waals surface area contributed by atoms with Crippen LogP contribution in [0.2, 0.25) is 0 Å². The minimum absolute atomic E-state index is 0.288. The maximum absolute atomic E-state index is 3.62. The van der Waals surface area contributed by atoms with E-state index < -0.39 is 0 Å². The van der Waals surface area contributed by atoms with Gasteiger partial charge in [0.05, 0.1) is 9.83 Å². The van der Waals surface area contributed by atoms with E-state index in [-0.39, 0.29) is 6.04 Å². The van der Waals surface area contributed by atoms with E-state index in [1.807, 2.05) is 11.3 Å². The van der Waals surface area contributed by atoms with E-state index in [1.54, 1.807) is 11.3 Å².